The molecule has 2 rings (SSSR count). The second kappa shape index (κ2) is 7.18. The SMILES string of the molecule is CCCNC(c1cccc(C)c1C)c1nccnc1OC. The third-order valence-corrected chi connectivity index (χ3v) is 3.71. The molecule has 0 amide bonds. The molecule has 0 spiro atoms. The van der Waals surface area contributed by atoms with Gasteiger partial charge in [-0.15, -0.1) is 0 Å². The zero-order chi connectivity index (χ0) is 15.2. The molecule has 0 fully saturated rings. The van der Waals surface area contributed by atoms with Gasteiger partial charge >= 0.3 is 0 Å². The second-order valence-corrected chi connectivity index (χ2v) is 5.13. The third-order valence-electron chi connectivity index (χ3n) is 3.71. The molecule has 0 saturated heterocycles. The molecule has 0 bridgehead atoms. The van der Waals surface area contributed by atoms with Crippen molar-refractivity contribution in [3.63, 3.8) is 0 Å². The minimum atomic E-state index is -0.00602. The summed E-state index contributed by atoms with van der Waals surface area (Å²) in [6.45, 7) is 7.34. The fraction of sp³-hybridized carbons (Fsp3) is 0.412. The van der Waals surface area contributed by atoms with Gasteiger partial charge in [0.15, 0.2) is 0 Å². The zero-order valence-corrected chi connectivity index (χ0v) is 13.2. The Labute approximate surface area is 126 Å². The Bertz CT molecular complexity index is 598. The Morgan fingerprint density at radius 3 is 2.67 bits per heavy atom. The summed E-state index contributed by atoms with van der Waals surface area (Å²) in [4.78, 5) is 8.78. The normalized spacial score (nSPS) is 12.2. The van der Waals surface area contributed by atoms with E-state index in [1.54, 1.807) is 19.5 Å². The van der Waals surface area contributed by atoms with E-state index in [1.807, 2.05) is 0 Å². The highest BCUT2D eigenvalue weighted by molar-refractivity contribution is 5.41. The molecule has 1 heterocycles. The first-order valence-corrected chi connectivity index (χ1v) is 7.33. The van der Waals surface area contributed by atoms with E-state index in [0.29, 0.717) is 5.88 Å². The molecule has 1 aromatic heterocycles. The number of nitrogens with one attached hydrogen (secondary N) is 1. The average molecular weight is 285 g/mol. The first kappa shape index (κ1) is 15.4. The summed E-state index contributed by atoms with van der Waals surface area (Å²) in [5.41, 5.74) is 4.61. The number of methoxy groups -OCH3 is 1. The van der Waals surface area contributed by atoms with Gasteiger partial charge < -0.3 is 10.1 Å². The zero-order valence-electron chi connectivity index (χ0n) is 13.2. The van der Waals surface area contributed by atoms with Crippen LogP contribution in [0.15, 0.2) is 30.6 Å². The maximum Gasteiger partial charge on any atom is 0.237 e. The van der Waals surface area contributed by atoms with Crippen molar-refractivity contribution in [2.45, 2.75) is 33.2 Å². The van der Waals surface area contributed by atoms with Gasteiger partial charge in [-0.2, -0.15) is 0 Å². The Kier molecular flexibility index (Phi) is 5.28. The van der Waals surface area contributed by atoms with E-state index in [4.69, 9.17) is 4.74 Å². The molecule has 0 aliphatic rings. The Morgan fingerprint density at radius 2 is 1.95 bits per heavy atom. The minimum Gasteiger partial charge on any atom is -0.480 e. The van der Waals surface area contributed by atoms with Gasteiger partial charge in [0, 0.05) is 12.4 Å². The highest BCUT2D eigenvalue weighted by atomic mass is 16.5. The van der Waals surface area contributed by atoms with Crippen LogP contribution < -0.4 is 10.1 Å². The highest BCUT2D eigenvalue weighted by Crippen LogP contribution is 2.29. The fourth-order valence-corrected chi connectivity index (χ4v) is 2.42. The highest BCUT2D eigenvalue weighted by Gasteiger charge is 2.21. The molecule has 4 nitrogen and oxygen atoms in total. The van der Waals surface area contributed by atoms with E-state index in [-0.39, 0.29) is 6.04 Å². The molecule has 2 aromatic rings. The molecule has 0 radical (unpaired) electrons. The van der Waals surface area contributed by atoms with Crippen molar-refractivity contribution >= 4 is 0 Å². The Morgan fingerprint density at radius 1 is 1.19 bits per heavy atom. The maximum absolute atomic E-state index is 5.38. The topological polar surface area (TPSA) is 47.0 Å². The quantitative estimate of drug-likeness (QED) is 0.885. The summed E-state index contributed by atoms with van der Waals surface area (Å²) >= 11 is 0. The van der Waals surface area contributed by atoms with Crippen molar-refractivity contribution in [3.8, 4) is 5.88 Å². The first-order valence-electron chi connectivity index (χ1n) is 7.33. The predicted octanol–water partition coefficient (Wildman–Crippen LogP) is 3.19. The van der Waals surface area contributed by atoms with Gasteiger partial charge in [-0.05, 0) is 43.5 Å². The molecule has 112 valence electrons. The van der Waals surface area contributed by atoms with Crippen molar-refractivity contribution in [3.05, 3.63) is 53.0 Å². The first-order chi connectivity index (χ1) is 10.2. The lowest BCUT2D eigenvalue weighted by molar-refractivity contribution is 0.382. The summed E-state index contributed by atoms with van der Waals surface area (Å²) in [5.74, 6) is 0.576. The summed E-state index contributed by atoms with van der Waals surface area (Å²) in [6, 6.07) is 6.35. The van der Waals surface area contributed by atoms with E-state index >= 15 is 0 Å². The number of benzene rings is 1. The van der Waals surface area contributed by atoms with Gasteiger partial charge in [0.1, 0.15) is 5.69 Å². The largest absolute Gasteiger partial charge is 0.480 e. The lowest BCUT2D eigenvalue weighted by Crippen LogP contribution is -2.25. The fourth-order valence-electron chi connectivity index (χ4n) is 2.42. The van der Waals surface area contributed by atoms with Gasteiger partial charge in [-0.25, -0.2) is 4.98 Å². The Balaban J connectivity index is 2.50. The molecule has 4 heteroatoms. The standard InChI is InChI=1S/C17H23N3O/c1-5-9-18-15(14-8-6-7-12(2)13(14)3)16-17(21-4)20-11-10-19-16/h6-8,10-11,15,18H,5,9H2,1-4H3. The molecule has 1 unspecified atom stereocenters. The summed E-state index contributed by atoms with van der Waals surface area (Å²) in [7, 11) is 1.63. The van der Waals surface area contributed by atoms with Crippen molar-refractivity contribution < 1.29 is 4.74 Å². The van der Waals surface area contributed by atoms with E-state index in [0.717, 1.165) is 18.7 Å². The molecule has 0 aliphatic carbocycles. The number of aryl methyl sites for hydroxylation is 1. The number of nitrogens with zero attached hydrogens (tertiary/aromatic N) is 2. The molecule has 21 heavy (non-hydrogen) atoms. The van der Waals surface area contributed by atoms with Crippen molar-refractivity contribution in [1.82, 2.24) is 15.3 Å². The van der Waals surface area contributed by atoms with Crippen LogP contribution in [0.25, 0.3) is 0 Å². The maximum atomic E-state index is 5.38. The van der Waals surface area contributed by atoms with E-state index < -0.39 is 0 Å². The third kappa shape index (κ3) is 3.39. The monoisotopic (exact) mass is 285 g/mol. The number of hydrogen-bond acceptors (Lipinski definition) is 4. The summed E-state index contributed by atoms with van der Waals surface area (Å²) in [5, 5.41) is 3.56. The lowest BCUT2D eigenvalue weighted by atomic mass is 9.95. The molecule has 0 saturated carbocycles. The number of hydrogen-bond donors (Lipinski definition) is 1. The van der Waals surface area contributed by atoms with Gasteiger partial charge in [0.2, 0.25) is 5.88 Å². The minimum absolute atomic E-state index is 0.00602. The van der Waals surface area contributed by atoms with Crippen LogP contribution in [0.3, 0.4) is 0 Å². The van der Waals surface area contributed by atoms with E-state index in [9.17, 15) is 0 Å². The van der Waals surface area contributed by atoms with Gasteiger partial charge in [-0.3, -0.25) is 4.98 Å². The lowest BCUT2D eigenvalue weighted by Gasteiger charge is -2.22. The van der Waals surface area contributed by atoms with E-state index in [1.165, 1.54) is 16.7 Å². The van der Waals surface area contributed by atoms with Crippen LogP contribution in [0, 0.1) is 13.8 Å². The van der Waals surface area contributed by atoms with Crippen LogP contribution >= 0.6 is 0 Å². The van der Waals surface area contributed by atoms with Gasteiger partial charge in [0.05, 0.1) is 13.2 Å². The van der Waals surface area contributed by atoms with Crippen LogP contribution in [0.5, 0.6) is 5.88 Å². The van der Waals surface area contributed by atoms with Crippen LogP contribution in [-0.4, -0.2) is 23.6 Å². The molecular weight excluding hydrogens is 262 g/mol. The molecule has 1 N–H and O–H groups in total. The summed E-state index contributed by atoms with van der Waals surface area (Å²) in [6.07, 6.45) is 4.43. The van der Waals surface area contributed by atoms with Crippen molar-refractivity contribution in [2.24, 2.45) is 0 Å². The van der Waals surface area contributed by atoms with Crippen LogP contribution in [0.1, 0.15) is 41.8 Å². The number of aromatic nitrogens is 2. The molecule has 1 aromatic carbocycles. The smallest absolute Gasteiger partial charge is 0.237 e. The number of rotatable bonds is 6. The van der Waals surface area contributed by atoms with Crippen LogP contribution in [0.4, 0.5) is 0 Å². The van der Waals surface area contributed by atoms with Crippen molar-refractivity contribution in [1.29, 1.82) is 0 Å². The second-order valence-electron chi connectivity index (χ2n) is 5.13. The average Bonchev–Trinajstić information content (AvgIpc) is 2.52. The summed E-state index contributed by atoms with van der Waals surface area (Å²) < 4.78 is 5.38. The van der Waals surface area contributed by atoms with Crippen LogP contribution in [0.2, 0.25) is 0 Å². The van der Waals surface area contributed by atoms with E-state index in [2.05, 4.69) is 54.3 Å². The van der Waals surface area contributed by atoms with Gasteiger partial charge in [-0.1, -0.05) is 25.1 Å². The predicted molar refractivity (Wildman–Crippen MR) is 84.6 cm³/mol. The molecular formula is C17H23N3O. The molecule has 1 atom stereocenters. The van der Waals surface area contributed by atoms with Crippen molar-refractivity contribution in [2.75, 3.05) is 13.7 Å². The number of ether oxygens (including phenoxy) is 1. The molecule has 0 aliphatic heterocycles. The van der Waals surface area contributed by atoms with Gasteiger partial charge in [0.25, 0.3) is 0 Å². The van der Waals surface area contributed by atoms with Crippen LogP contribution in [-0.2, 0) is 0 Å². The Hall–Kier alpha value is -1.94.